The van der Waals surface area contributed by atoms with E-state index in [9.17, 15) is 8.42 Å². The standard InChI is InChI=1S/C13H20N2O3S2/c1-10(2)15(8-5-9-16)20(17,18)12-7-4-3-6-11(12)13(14)19/h3-4,6-7,10,16H,5,8-9H2,1-2H3,(H2,14,19). The van der Waals surface area contributed by atoms with Gasteiger partial charge in [-0.15, -0.1) is 0 Å². The molecule has 1 aromatic rings. The van der Waals surface area contributed by atoms with Crippen LogP contribution in [-0.4, -0.2) is 42.0 Å². The first kappa shape index (κ1) is 17.0. The van der Waals surface area contributed by atoms with E-state index in [1.807, 2.05) is 0 Å². The van der Waals surface area contributed by atoms with Gasteiger partial charge < -0.3 is 10.8 Å². The van der Waals surface area contributed by atoms with Crippen molar-refractivity contribution in [2.24, 2.45) is 5.73 Å². The van der Waals surface area contributed by atoms with E-state index in [2.05, 4.69) is 0 Å². The van der Waals surface area contributed by atoms with Gasteiger partial charge in [0, 0.05) is 24.8 Å². The first-order chi connectivity index (χ1) is 9.32. The third-order valence-electron chi connectivity index (χ3n) is 2.85. The van der Waals surface area contributed by atoms with Crippen LogP contribution in [0.2, 0.25) is 0 Å². The predicted octanol–water partition coefficient (Wildman–Crippen LogP) is 1.10. The van der Waals surface area contributed by atoms with Crippen LogP contribution in [0.5, 0.6) is 0 Å². The average molecular weight is 316 g/mol. The number of hydrogen-bond acceptors (Lipinski definition) is 4. The Bertz CT molecular complexity index is 571. The number of aliphatic hydroxyl groups excluding tert-OH is 1. The van der Waals surface area contributed by atoms with Crippen LogP contribution in [0.1, 0.15) is 25.8 Å². The fraction of sp³-hybridized carbons (Fsp3) is 0.462. The molecule has 5 nitrogen and oxygen atoms in total. The first-order valence-corrected chi connectivity index (χ1v) is 8.18. The molecule has 0 aliphatic carbocycles. The number of aliphatic hydroxyl groups is 1. The molecule has 0 saturated carbocycles. The number of nitrogens with zero attached hydrogens (tertiary/aromatic N) is 1. The number of benzene rings is 1. The molecule has 0 atom stereocenters. The van der Waals surface area contributed by atoms with Crippen LogP contribution in [0.15, 0.2) is 29.2 Å². The Labute approximate surface area is 125 Å². The molecule has 1 aromatic carbocycles. The number of thiocarbonyl (C=S) groups is 1. The monoisotopic (exact) mass is 316 g/mol. The van der Waals surface area contributed by atoms with Gasteiger partial charge in [0.2, 0.25) is 10.0 Å². The van der Waals surface area contributed by atoms with Crippen LogP contribution in [0, 0.1) is 0 Å². The van der Waals surface area contributed by atoms with Crippen LogP contribution < -0.4 is 5.73 Å². The lowest BCUT2D eigenvalue weighted by atomic mass is 10.2. The van der Waals surface area contributed by atoms with E-state index < -0.39 is 10.0 Å². The Balaban J connectivity index is 3.30. The summed E-state index contributed by atoms with van der Waals surface area (Å²) in [5, 5.41) is 8.91. The predicted molar refractivity (Wildman–Crippen MR) is 83.1 cm³/mol. The highest BCUT2D eigenvalue weighted by atomic mass is 32.2. The van der Waals surface area contributed by atoms with E-state index in [0.29, 0.717) is 12.0 Å². The number of nitrogens with two attached hydrogens (primary N) is 1. The minimum atomic E-state index is -3.69. The molecular formula is C13H20N2O3S2. The highest BCUT2D eigenvalue weighted by molar-refractivity contribution is 7.89. The molecule has 0 aliphatic rings. The van der Waals surface area contributed by atoms with Crippen LogP contribution in [-0.2, 0) is 10.0 Å². The lowest BCUT2D eigenvalue weighted by molar-refractivity contribution is 0.258. The second-order valence-electron chi connectivity index (χ2n) is 4.65. The Morgan fingerprint density at radius 2 is 2.00 bits per heavy atom. The van der Waals surface area contributed by atoms with Crippen molar-refractivity contribution < 1.29 is 13.5 Å². The second kappa shape index (κ2) is 7.12. The molecule has 20 heavy (non-hydrogen) atoms. The molecule has 7 heteroatoms. The molecule has 112 valence electrons. The number of rotatable bonds is 7. The molecule has 0 aliphatic heterocycles. The van der Waals surface area contributed by atoms with E-state index >= 15 is 0 Å². The molecule has 0 aromatic heterocycles. The quantitative estimate of drug-likeness (QED) is 0.736. The maximum absolute atomic E-state index is 12.7. The van der Waals surface area contributed by atoms with E-state index in [0.717, 1.165) is 0 Å². The zero-order valence-electron chi connectivity index (χ0n) is 11.6. The highest BCUT2D eigenvalue weighted by Gasteiger charge is 2.29. The summed E-state index contributed by atoms with van der Waals surface area (Å²) >= 11 is 4.91. The van der Waals surface area contributed by atoms with Crippen molar-refractivity contribution in [1.29, 1.82) is 0 Å². The normalized spacial score (nSPS) is 12.1. The molecule has 0 radical (unpaired) electrons. The topological polar surface area (TPSA) is 83.6 Å². The Hall–Kier alpha value is -1.02. The van der Waals surface area contributed by atoms with E-state index in [1.54, 1.807) is 32.0 Å². The van der Waals surface area contributed by atoms with E-state index in [-0.39, 0.29) is 29.1 Å². The fourth-order valence-electron chi connectivity index (χ4n) is 1.90. The lowest BCUT2D eigenvalue weighted by Gasteiger charge is -2.26. The van der Waals surface area contributed by atoms with Crippen LogP contribution in [0.3, 0.4) is 0 Å². The van der Waals surface area contributed by atoms with Gasteiger partial charge in [0.05, 0.1) is 4.90 Å². The summed E-state index contributed by atoms with van der Waals surface area (Å²) in [7, 11) is -3.69. The summed E-state index contributed by atoms with van der Waals surface area (Å²) in [5.41, 5.74) is 5.94. The van der Waals surface area contributed by atoms with Gasteiger partial charge >= 0.3 is 0 Å². The van der Waals surface area contributed by atoms with Crippen molar-refractivity contribution >= 4 is 27.2 Å². The van der Waals surface area contributed by atoms with Crippen molar-refractivity contribution in [1.82, 2.24) is 4.31 Å². The first-order valence-electron chi connectivity index (χ1n) is 6.34. The summed E-state index contributed by atoms with van der Waals surface area (Å²) < 4.78 is 26.8. The maximum Gasteiger partial charge on any atom is 0.244 e. The SMILES string of the molecule is CC(C)N(CCCO)S(=O)(=O)c1ccccc1C(N)=S. The van der Waals surface area contributed by atoms with Gasteiger partial charge in [-0.1, -0.05) is 30.4 Å². The average Bonchev–Trinajstić information content (AvgIpc) is 2.38. The molecule has 0 fully saturated rings. The van der Waals surface area contributed by atoms with Gasteiger partial charge in [-0.25, -0.2) is 8.42 Å². The zero-order chi connectivity index (χ0) is 15.3. The van der Waals surface area contributed by atoms with Crippen molar-refractivity contribution in [3.05, 3.63) is 29.8 Å². The van der Waals surface area contributed by atoms with E-state index in [1.165, 1.54) is 10.4 Å². The summed E-state index contributed by atoms with van der Waals surface area (Å²) in [6.07, 6.45) is 0.382. The molecule has 0 amide bonds. The van der Waals surface area contributed by atoms with Gasteiger partial charge in [0.1, 0.15) is 4.99 Å². The molecule has 0 unspecified atom stereocenters. The third-order valence-corrected chi connectivity index (χ3v) is 5.21. The number of hydrogen-bond donors (Lipinski definition) is 2. The van der Waals surface area contributed by atoms with Crippen molar-refractivity contribution in [2.75, 3.05) is 13.2 Å². The molecular weight excluding hydrogens is 296 g/mol. The number of sulfonamides is 1. The fourth-order valence-corrected chi connectivity index (χ4v) is 4.03. The minimum absolute atomic E-state index is 0.0510. The molecule has 0 saturated heterocycles. The summed E-state index contributed by atoms with van der Waals surface area (Å²) in [4.78, 5) is 0.161. The highest BCUT2D eigenvalue weighted by Crippen LogP contribution is 2.22. The largest absolute Gasteiger partial charge is 0.396 e. The molecule has 1 rings (SSSR count). The lowest BCUT2D eigenvalue weighted by Crippen LogP contribution is -2.38. The van der Waals surface area contributed by atoms with Gasteiger partial charge in [-0.05, 0) is 26.3 Å². The van der Waals surface area contributed by atoms with Gasteiger partial charge in [0.15, 0.2) is 0 Å². The summed E-state index contributed by atoms with van der Waals surface area (Å²) in [6, 6.07) is 6.21. The second-order valence-corrected chi connectivity index (χ2v) is 6.95. The van der Waals surface area contributed by atoms with E-state index in [4.69, 9.17) is 23.1 Å². The van der Waals surface area contributed by atoms with Crippen molar-refractivity contribution in [2.45, 2.75) is 31.2 Å². The Morgan fingerprint density at radius 1 is 1.40 bits per heavy atom. The summed E-state index contributed by atoms with van der Waals surface area (Å²) in [5.74, 6) is 0. The van der Waals surface area contributed by atoms with Gasteiger partial charge in [-0.3, -0.25) is 0 Å². The molecule has 3 N–H and O–H groups in total. The van der Waals surface area contributed by atoms with Gasteiger partial charge in [-0.2, -0.15) is 4.31 Å². The van der Waals surface area contributed by atoms with Crippen molar-refractivity contribution in [3.8, 4) is 0 Å². The Morgan fingerprint density at radius 3 is 2.50 bits per heavy atom. The van der Waals surface area contributed by atoms with Crippen LogP contribution in [0.4, 0.5) is 0 Å². The van der Waals surface area contributed by atoms with Gasteiger partial charge in [0.25, 0.3) is 0 Å². The maximum atomic E-state index is 12.7. The summed E-state index contributed by atoms with van der Waals surface area (Å²) in [6.45, 7) is 3.77. The van der Waals surface area contributed by atoms with Crippen molar-refractivity contribution in [3.63, 3.8) is 0 Å². The zero-order valence-corrected chi connectivity index (χ0v) is 13.2. The molecule has 0 heterocycles. The molecule has 0 bridgehead atoms. The molecule has 0 spiro atoms. The smallest absolute Gasteiger partial charge is 0.244 e. The van der Waals surface area contributed by atoms with Crippen LogP contribution in [0.25, 0.3) is 0 Å². The van der Waals surface area contributed by atoms with Crippen LogP contribution >= 0.6 is 12.2 Å². The minimum Gasteiger partial charge on any atom is -0.396 e. The Kier molecular flexibility index (Phi) is 6.07. The third kappa shape index (κ3) is 3.76.